The second-order valence-electron chi connectivity index (χ2n) is 5.24. The van der Waals surface area contributed by atoms with Gasteiger partial charge in [-0.2, -0.15) is 0 Å². The van der Waals surface area contributed by atoms with Crippen molar-refractivity contribution in [3.8, 4) is 0 Å². The highest BCUT2D eigenvalue weighted by Crippen LogP contribution is 2.23. The largest absolute Gasteiger partial charge is 0.367 e. The Balaban J connectivity index is 1.69. The number of alkyl halides is 2. The molecule has 1 fully saturated rings. The van der Waals surface area contributed by atoms with Crippen LogP contribution in [0.3, 0.4) is 0 Å². The fourth-order valence-electron chi connectivity index (χ4n) is 2.62. The average Bonchev–Trinajstić information content (AvgIpc) is 2.56. The summed E-state index contributed by atoms with van der Waals surface area (Å²) in [7, 11) is 0. The van der Waals surface area contributed by atoms with Gasteiger partial charge in [-0.15, -0.1) is 0 Å². The molecule has 1 aliphatic heterocycles. The van der Waals surface area contributed by atoms with E-state index in [9.17, 15) is 8.78 Å². The summed E-state index contributed by atoms with van der Waals surface area (Å²) in [6.07, 6.45) is 2.28. The van der Waals surface area contributed by atoms with Gasteiger partial charge in [0.15, 0.2) is 0 Å². The van der Waals surface area contributed by atoms with Crippen molar-refractivity contribution in [2.75, 3.05) is 36.0 Å². The van der Waals surface area contributed by atoms with Crippen molar-refractivity contribution < 1.29 is 8.78 Å². The van der Waals surface area contributed by atoms with Crippen molar-refractivity contribution in [1.29, 1.82) is 0 Å². The molecule has 0 atom stereocenters. The number of rotatable bonds is 3. The molecule has 0 aliphatic carbocycles. The lowest BCUT2D eigenvalue weighted by Gasteiger charge is -2.37. The van der Waals surface area contributed by atoms with E-state index in [1.807, 2.05) is 17.2 Å². The van der Waals surface area contributed by atoms with Gasteiger partial charge in [0.2, 0.25) is 0 Å². The smallest absolute Gasteiger partial charge is 0.280 e. The first-order chi connectivity index (χ1) is 10.6. The zero-order valence-corrected chi connectivity index (χ0v) is 12.3. The van der Waals surface area contributed by atoms with Crippen LogP contribution in [0.4, 0.5) is 20.3 Å². The van der Waals surface area contributed by atoms with E-state index in [2.05, 4.69) is 26.8 Å². The van der Waals surface area contributed by atoms with Crippen LogP contribution < -0.4 is 9.80 Å². The Morgan fingerprint density at radius 1 is 1.09 bits per heavy atom. The number of piperazine rings is 1. The molecule has 0 amide bonds. The molecule has 0 radical (unpaired) electrons. The van der Waals surface area contributed by atoms with E-state index in [1.54, 1.807) is 6.20 Å². The highest BCUT2D eigenvalue weighted by Gasteiger charge is 2.20. The van der Waals surface area contributed by atoms with Crippen LogP contribution in [0.25, 0.3) is 0 Å². The van der Waals surface area contributed by atoms with Crippen LogP contribution >= 0.6 is 0 Å². The number of aryl methyl sites for hydroxylation is 1. The van der Waals surface area contributed by atoms with Gasteiger partial charge < -0.3 is 9.80 Å². The molecule has 2 aromatic rings. The van der Waals surface area contributed by atoms with Gasteiger partial charge in [-0.25, -0.2) is 18.7 Å². The first kappa shape index (κ1) is 14.6. The van der Waals surface area contributed by atoms with E-state index in [1.165, 1.54) is 18.0 Å². The molecule has 22 heavy (non-hydrogen) atoms. The van der Waals surface area contributed by atoms with Crippen molar-refractivity contribution >= 4 is 11.5 Å². The van der Waals surface area contributed by atoms with E-state index < -0.39 is 6.43 Å². The van der Waals surface area contributed by atoms with Gasteiger partial charge in [-0.05, 0) is 18.6 Å². The SMILES string of the molecule is Cc1ccncc1N1CCN(c2cc(C(F)F)ncn2)CC1. The molecule has 7 heteroatoms. The number of anilines is 2. The van der Waals surface area contributed by atoms with E-state index in [0.717, 1.165) is 31.9 Å². The van der Waals surface area contributed by atoms with Crippen LogP contribution in [-0.2, 0) is 0 Å². The number of hydrogen-bond acceptors (Lipinski definition) is 5. The summed E-state index contributed by atoms with van der Waals surface area (Å²) in [6.45, 7) is 5.13. The maximum atomic E-state index is 12.7. The maximum Gasteiger partial charge on any atom is 0.280 e. The van der Waals surface area contributed by atoms with Crippen LogP contribution in [0, 0.1) is 6.92 Å². The van der Waals surface area contributed by atoms with Crippen LogP contribution in [0.5, 0.6) is 0 Å². The minimum Gasteiger partial charge on any atom is -0.367 e. The standard InChI is InChI=1S/C15H17F2N5/c1-11-2-3-18-9-13(11)21-4-6-22(7-5-21)14-8-12(15(16)17)19-10-20-14/h2-3,8-10,15H,4-7H2,1H3. The van der Waals surface area contributed by atoms with Gasteiger partial charge in [-0.1, -0.05) is 0 Å². The molecular formula is C15H17F2N5. The van der Waals surface area contributed by atoms with Crippen molar-refractivity contribution in [3.05, 3.63) is 42.1 Å². The molecule has 0 N–H and O–H groups in total. The molecular weight excluding hydrogens is 288 g/mol. The van der Waals surface area contributed by atoms with Gasteiger partial charge in [0.25, 0.3) is 6.43 Å². The fourth-order valence-corrected chi connectivity index (χ4v) is 2.62. The van der Waals surface area contributed by atoms with Crippen LogP contribution in [0.15, 0.2) is 30.9 Å². The summed E-state index contributed by atoms with van der Waals surface area (Å²) in [5.41, 5.74) is 2.08. The number of hydrogen-bond donors (Lipinski definition) is 0. The molecule has 0 unspecified atom stereocenters. The van der Waals surface area contributed by atoms with Gasteiger partial charge in [0.05, 0.1) is 11.9 Å². The molecule has 2 aromatic heterocycles. The molecule has 1 saturated heterocycles. The summed E-state index contributed by atoms with van der Waals surface area (Å²) >= 11 is 0. The molecule has 0 spiro atoms. The van der Waals surface area contributed by atoms with Crippen molar-refractivity contribution in [3.63, 3.8) is 0 Å². The van der Waals surface area contributed by atoms with E-state index in [-0.39, 0.29) is 5.69 Å². The van der Waals surface area contributed by atoms with E-state index >= 15 is 0 Å². The molecule has 0 saturated carbocycles. The topological polar surface area (TPSA) is 45.2 Å². The zero-order chi connectivity index (χ0) is 15.5. The van der Waals surface area contributed by atoms with Crippen molar-refractivity contribution in [1.82, 2.24) is 15.0 Å². The van der Waals surface area contributed by atoms with Crippen molar-refractivity contribution in [2.45, 2.75) is 13.3 Å². The van der Waals surface area contributed by atoms with Crippen LogP contribution in [-0.4, -0.2) is 41.1 Å². The molecule has 116 valence electrons. The first-order valence-electron chi connectivity index (χ1n) is 7.16. The predicted octanol–water partition coefficient (Wildman–Crippen LogP) is 2.44. The lowest BCUT2D eigenvalue weighted by atomic mass is 10.2. The number of pyridine rings is 1. The Hall–Kier alpha value is -2.31. The minimum atomic E-state index is -2.57. The van der Waals surface area contributed by atoms with Crippen LogP contribution in [0.1, 0.15) is 17.7 Å². The number of halogens is 2. The third-order valence-electron chi connectivity index (χ3n) is 3.85. The molecule has 3 rings (SSSR count). The third-order valence-corrected chi connectivity index (χ3v) is 3.85. The normalized spacial score (nSPS) is 15.5. The monoisotopic (exact) mass is 305 g/mol. The lowest BCUT2D eigenvalue weighted by molar-refractivity contribution is 0.146. The van der Waals surface area contributed by atoms with Gasteiger partial charge in [0.1, 0.15) is 17.8 Å². The summed E-state index contributed by atoms with van der Waals surface area (Å²) in [5, 5.41) is 0. The number of aromatic nitrogens is 3. The molecule has 0 aromatic carbocycles. The second-order valence-corrected chi connectivity index (χ2v) is 5.24. The van der Waals surface area contributed by atoms with E-state index in [0.29, 0.717) is 5.82 Å². The molecule has 3 heterocycles. The first-order valence-corrected chi connectivity index (χ1v) is 7.16. The Labute approximate surface area is 127 Å². The lowest BCUT2D eigenvalue weighted by Crippen LogP contribution is -2.47. The zero-order valence-electron chi connectivity index (χ0n) is 12.3. The minimum absolute atomic E-state index is 0.226. The molecule has 1 aliphatic rings. The van der Waals surface area contributed by atoms with Gasteiger partial charge >= 0.3 is 0 Å². The Morgan fingerprint density at radius 2 is 1.82 bits per heavy atom. The summed E-state index contributed by atoms with van der Waals surface area (Å²) in [6, 6.07) is 3.36. The predicted molar refractivity (Wildman–Crippen MR) is 80.4 cm³/mol. The third kappa shape index (κ3) is 2.98. The van der Waals surface area contributed by atoms with Crippen LogP contribution in [0.2, 0.25) is 0 Å². The summed E-state index contributed by atoms with van der Waals surface area (Å²) in [5.74, 6) is 0.563. The number of nitrogens with zero attached hydrogens (tertiary/aromatic N) is 5. The molecule has 0 bridgehead atoms. The van der Waals surface area contributed by atoms with Gasteiger partial charge in [-0.3, -0.25) is 4.98 Å². The van der Waals surface area contributed by atoms with E-state index in [4.69, 9.17) is 0 Å². The summed E-state index contributed by atoms with van der Waals surface area (Å²) < 4.78 is 25.4. The maximum absolute atomic E-state index is 12.7. The quantitative estimate of drug-likeness (QED) is 0.871. The Kier molecular flexibility index (Phi) is 4.13. The fraction of sp³-hybridized carbons (Fsp3) is 0.400. The Morgan fingerprint density at radius 3 is 2.50 bits per heavy atom. The summed E-state index contributed by atoms with van der Waals surface area (Å²) in [4.78, 5) is 16.2. The van der Waals surface area contributed by atoms with Crippen molar-refractivity contribution in [2.24, 2.45) is 0 Å². The second kappa shape index (κ2) is 6.21. The Bertz CT molecular complexity index is 641. The highest BCUT2D eigenvalue weighted by atomic mass is 19.3. The van der Waals surface area contributed by atoms with Gasteiger partial charge in [0, 0.05) is 38.4 Å². The molecule has 5 nitrogen and oxygen atoms in total. The highest BCUT2D eigenvalue weighted by molar-refractivity contribution is 5.53. The average molecular weight is 305 g/mol.